The minimum absolute atomic E-state index is 0.381. The van der Waals surface area contributed by atoms with E-state index in [1.54, 1.807) is 31.7 Å². The number of fused-ring (bicyclic) bond motifs is 1. The summed E-state index contributed by atoms with van der Waals surface area (Å²) >= 11 is 3.40. The van der Waals surface area contributed by atoms with Crippen LogP contribution in [0.2, 0.25) is 0 Å². The molecule has 2 heterocycles. The van der Waals surface area contributed by atoms with Crippen molar-refractivity contribution in [3.63, 3.8) is 0 Å². The van der Waals surface area contributed by atoms with Crippen molar-refractivity contribution in [1.82, 2.24) is 13.7 Å². The number of aromatic nitrogens is 3. The quantitative estimate of drug-likeness (QED) is 0.727. The van der Waals surface area contributed by atoms with Gasteiger partial charge in [0.2, 0.25) is 0 Å². The predicted octanol–water partition coefficient (Wildman–Crippen LogP) is 2.15. The van der Waals surface area contributed by atoms with Gasteiger partial charge >= 0.3 is 5.69 Å². The van der Waals surface area contributed by atoms with Gasteiger partial charge in [0.25, 0.3) is 5.56 Å². The van der Waals surface area contributed by atoms with Gasteiger partial charge in [0.15, 0.2) is 0 Å². The molecule has 1 N–H and O–H groups in total. The third-order valence-corrected chi connectivity index (χ3v) is 4.67. The van der Waals surface area contributed by atoms with Gasteiger partial charge in [-0.05, 0) is 31.5 Å². The molecule has 3 aromatic rings. The van der Waals surface area contributed by atoms with Crippen LogP contribution >= 0.6 is 15.9 Å². The third-order valence-electron chi connectivity index (χ3n) is 4.15. The van der Waals surface area contributed by atoms with E-state index in [0.29, 0.717) is 16.6 Å². The Balaban J connectivity index is 2.57. The summed E-state index contributed by atoms with van der Waals surface area (Å²) in [4.78, 5) is 25.0. The average molecular weight is 392 g/mol. The molecule has 0 radical (unpaired) electrons. The predicted molar refractivity (Wildman–Crippen MR) is 97.1 cm³/mol. The van der Waals surface area contributed by atoms with Crippen molar-refractivity contribution in [2.75, 3.05) is 0 Å². The Labute approximate surface area is 146 Å². The second-order valence-corrected chi connectivity index (χ2v) is 7.23. The fourth-order valence-electron chi connectivity index (χ4n) is 2.86. The molecule has 0 amide bonds. The number of halogens is 1. The lowest BCUT2D eigenvalue weighted by Gasteiger charge is -2.23. The monoisotopic (exact) mass is 391 g/mol. The molecule has 0 saturated heterocycles. The molecule has 0 aliphatic carbocycles. The fourth-order valence-corrected chi connectivity index (χ4v) is 3.13. The van der Waals surface area contributed by atoms with E-state index in [2.05, 4.69) is 15.9 Å². The summed E-state index contributed by atoms with van der Waals surface area (Å²) in [5, 5.41) is 11.0. The number of nitrogens with zero attached hydrogens (tertiary/aromatic N) is 3. The normalized spacial score (nSPS) is 12.1. The maximum Gasteiger partial charge on any atom is 0.330 e. The second-order valence-electron chi connectivity index (χ2n) is 6.32. The van der Waals surface area contributed by atoms with E-state index in [0.717, 1.165) is 14.6 Å². The van der Waals surface area contributed by atoms with Gasteiger partial charge in [-0.15, -0.1) is 0 Å². The van der Waals surface area contributed by atoms with Crippen LogP contribution in [0.5, 0.6) is 0 Å². The van der Waals surface area contributed by atoms with Crippen LogP contribution in [-0.4, -0.2) is 18.8 Å². The molecule has 0 fully saturated rings. The lowest BCUT2D eigenvalue weighted by atomic mass is 10.1. The highest BCUT2D eigenvalue weighted by atomic mass is 79.9. The van der Waals surface area contributed by atoms with E-state index < -0.39 is 11.4 Å². The van der Waals surface area contributed by atoms with Crippen LogP contribution in [0.25, 0.3) is 22.2 Å². The number of rotatable bonds is 2. The van der Waals surface area contributed by atoms with E-state index >= 15 is 0 Å². The molecule has 24 heavy (non-hydrogen) atoms. The maximum atomic E-state index is 12.7. The SMILES string of the molecule is Cn1c(=O)c2c(-c3ccc(Br)cc3)n(C(C)(C)O)cc2n(C)c1=O. The molecule has 0 atom stereocenters. The molecule has 126 valence electrons. The van der Waals surface area contributed by atoms with Crippen LogP contribution in [0.15, 0.2) is 44.5 Å². The number of aryl methyl sites for hydroxylation is 1. The van der Waals surface area contributed by atoms with Crippen LogP contribution in [0, 0.1) is 0 Å². The largest absolute Gasteiger partial charge is 0.371 e. The fraction of sp³-hybridized carbons (Fsp3) is 0.294. The Morgan fingerprint density at radius 2 is 1.62 bits per heavy atom. The number of hydrogen-bond acceptors (Lipinski definition) is 3. The Bertz CT molecular complexity index is 1050. The van der Waals surface area contributed by atoms with Gasteiger partial charge in [-0.3, -0.25) is 13.9 Å². The molecule has 0 aliphatic rings. The lowest BCUT2D eigenvalue weighted by molar-refractivity contribution is 0.00398. The van der Waals surface area contributed by atoms with Crippen molar-refractivity contribution in [3.8, 4) is 11.3 Å². The maximum absolute atomic E-state index is 12.7. The van der Waals surface area contributed by atoms with Crippen molar-refractivity contribution in [1.29, 1.82) is 0 Å². The molecule has 2 aromatic heterocycles. The molecule has 0 spiro atoms. The summed E-state index contributed by atoms with van der Waals surface area (Å²) in [7, 11) is 3.07. The van der Waals surface area contributed by atoms with Gasteiger partial charge in [-0.1, -0.05) is 28.1 Å². The average Bonchev–Trinajstić information content (AvgIpc) is 2.92. The van der Waals surface area contributed by atoms with Gasteiger partial charge in [-0.25, -0.2) is 4.79 Å². The highest BCUT2D eigenvalue weighted by Crippen LogP contribution is 2.32. The molecule has 7 heteroatoms. The first kappa shape index (κ1) is 16.7. The van der Waals surface area contributed by atoms with Crippen LogP contribution < -0.4 is 11.2 Å². The molecular weight excluding hydrogens is 374 g/mol. The third kappa shape index (κ3) is 2.44. The van der Waals surface area contributed by atoms with Gasteiger partial charge in [0.1, 0.15) is 5.72 Å². The zero-order valence-electron chi connectivity index (χ0n) is 13.9. The lowest BCUT2D eigenvalue weighted by Crippen LogP contribution is -2.36. The topological polar surface area (TPSA) is 69.2 Å². The Morgan fingerprint density at radius 1 is 1.04 bits per heavy atom. The zero-order chi connectivity index (χ0) is 17.8. The Morgan fingerprint density at radius 3 is 2.17 bits per heavy atom. The summed E-state index contributed by atoms with van der Waals surface area (Å²) in [6.45, 7) is 3.27. The standard InChI is InChI=1S/C17H18BrN3O3/c1-17(2,24)21-9-12-13(15(22)20(4)16(23)19(12)3)14(21)10-5-7-11(18)8-6-10/h5-9,24H,1-4H3. The number of aliphatic hydroxyl groups is 1. The van der Waals surface area contributed by atoms with Gasteiger partial charge in [0.05, 0.1) is 16.6 Å². The highest BCUT2D eigenvalue weighted by molar-refractivity contribution is 9.10. The first-order valence-electron chi connectivity index (χ1n) is 7.43. The minimum atomic E-state index is -1.23. The van der Waals surface area contributed by atoms with E-state index in [1.807, 2.05) is 24.3 Å². The molecule has 6 nitrogen and oxygen atoms in total. The van der Waals surface area contributed by atoms with E-state index in [-0.39, 0.29) is 5.56 Å². The molecule has 3 rings (SSSR count). The molecular formula is C17H18BrN3O3. The van der Waals surface area contributed by atoms with Gasteiger partial charge in [-0.2, -0.15) is 0 Å². The number of benzene rings is 1. The van der Waals surface area contributed by atoms with Crippen LogP contribution in [0.1, 0.15) is 13.8 Å². The molecule has 0 unspecified atom stereocenters. The van der Waals surface area contributed by atoms with Crippen molar-refractivity contribution in [2.24, 2.45) is 14.1 Å². The van der Waals surface area contributed by atoms with E-state index in [4.69, 9.17) is 0 Å². The van der Waals surface area contributed by atoms with E-state index in [1.165, 1.54) is 11.6 Å². The highest BCUT2D eigenvalue weighted by Gasteiger charge is 2.25. The van der Waals surface area contributed by atoms with Crippen LogP contribution in [0.3, 0.4) is 0 Å². The second kappa shape index (κ2) is 5.46. The molecule has 0 bridgehead atoms. The minimum Gasteiger partial charge on any atom is -0.371 e. The van der Waals surface area contributed by atoms with Gasteiger partial charge < -0.3 is 9.67 Å². The molecule has 1 aromatic carbocycles. The Hall–Kier alpha value is -2.12. The van der Waals surface area contributed by atoms with Crippen molar-refractivity contribution >= 4 is 26.8 Å². The van der Waals surface area contributed by atoms with Gasteiger partial charge in [0, 0.05) is 24.8 Å². The van der Waals surface area contributed by atoms with E-state index in [9.17, 15) is 14.7 Å². The smallest absolute Gasteiger partial charge is 0.330 e. The summed E-state index contributed by atoms with van der Waals surface area (Å²) < 4.78 is 5.04. The van der Waals surface area contributed by atoms with Crippen molar-refractivity contribution < 1.29 is 5.11 Å². The summed E-state index contributed by atoms with van der Waals surface area (Å²) in [5.74, 6) is 0. The van der Waals surface area contributed by atoms with Crippen molar-refractivity contribution in [3.05, 3.63) is 55.8 Å². The number of hydrogen-bond donors (Lipinski definition) is 1. The van der Waals surface area contributed by atoms with Crippen LogP contribution in [-0.2, 0) is 19.8 Å². The molecule has 0 saturated carbocycles. The summed E-state index contributed by atoms with van der Waals surface area (Å²) in [6, 6.07) is 7.47. The van der Waals surface area contributed by atoms with Crippen molar-refractivity contribution in [2.45, 2.75) is 19.6 Å². The van der Waals surface area contributed by atoms with Crippen LogP contribution in [0.4, 0.5) is 0 Å². The summed E-state index contributed by atoms with van der Waals surface area (Å²) in [6.07, 6.45) is 1.65. The first-order valence-corrected chi connectivity index (χ1v) is 8.22. The Kier molecular flexibility index (Phi) is 3.80. The first-order chi connectivity index (χ1) is 11.1. The zero-order valence-corrected chi connectivity index (χ0v) is 15.5. The summed E-state index contributed by atoms with van der Waals surface area (Å²) in [5.41, 5.74) is -0.158. The molecule has 0 aliphatic heterocycles.